The van der Waals surface area contributed by atoms with Gasteiger partial charge in [-0.15, -0.1) is 0 Å². The van der Waals surface area contributed by atoms with Crippen molar-refractivity contribution in [3.63, 3.8) is 0 Å². The van der Waals surface area contributed by atoms with Crippen LogP contribution in [0.5, 0.6) is 0 Å². The van der Waals surface area contributed by atoms with Crippen molar-refractivity contribution in [1.29, 1.82) is 0 Å². The van der Waals surface area contributed by atoms with Crippen molar-refractivity contribution in [2.75, 3.05) is 0 Å². The van der Waals surface area contributed by atoms with Gasteiger partial charge >= 0.3 is 11.9 Å². The lowest BCUT2D eigenvalue weighted by molar-refractivity contribution is -0.135. The Morgan fingerprint density at radius 1 is 1.00 bits per heavy atom. The number of azo groups is 1. The summed E-state index contributed by atoms with van der Waals surface area (Å²) in [6.45, 7) is 0. The van der Waals surface area contributed by atoms with Crippen molar-refractivity contribution < 1.29 is 37.9 Å². The maximum atomic E-state index is 11.5. The molecule has 0 saturated heterocycles. The van der Waals surface area contributed by atoms with E-state index in [1.807, 2.05) is 0 Å². The van der Waals surface area contributed by atoms with Crippen LogP contribution in [0.4, 0.5) is 5.69 Å². The van der Waals surface area contributed by atoms with Crippen molar-refractivity contribution in [2.24, 2.45) is 10.2 Å². The first-order valence-corrected chi connectivity index (χ1v) is 8.52. The Morgan fingerprint density at radius 3 is 2.30 bits per heavy atom. The molecule has 27 heavy (non-hydrogen) atoms. The Kier molecular flexibility index (Phi) is 5.68. The highest BCUT2D eigenvalue weighted by atomic mass is 32.2. The first-order chi connectivity index (χ1) is 12.6. The molecule has 0 aliphatic heterocycles. The number of hydrogen-bond acceptors (Lipinski definition) is 7. The van der Waals surface area contributed by atoms with Gasteiger partial charge in [-0.1, -0.05) is 18.2 Å². The predicted octanol–water partition coefficient (Wildman–Crippen LogP) is 2.67. The fourth-order valence-electron chi connectivity index (χ4n) is 2.06. The SMILES string of the molecule is O=C(O)C=C(C=C(O)C(=O)O)N=Nc1ccc2cccc(S(=O)(=O)O)c2c1. The van der Waals surface area contributed by atoms with Crippen LogP contribution in [0, 0.1) is 0 Å². The van der Waals surface area contributed by atoms with Gasteiger partial charge in [0.25, 0.3) is 10.1 Å². The minimum Gasteiger partial charge on any atom is -0.502 e. The second-order valence-electron chi connectivity index (χ2n) is 5.08. The first-order valence-electron chi connectivity index (χ1n) is 7.08. The van der Waals surface area contributed by atoms with Gasteiger partial charge in [-0.3, -0.25) is 4.55 Å². The van der Waals surface area contributed by atoms with Crippen LogP contribution in [0.3, 0.4) is 0 Å². The number of carboxylic acids is 2. The van der Waals surface area contributed by atoms with Gasteiger partial charge < -0.3 is 15.3 Å². The molecule has 0 aliphatic carbocycles. The molecule has 0 radical (unpaired) electrons. The van der Waals surface area contributed by atoms with E-state index >= 15 is 0 Å². The van der Waals surface area contributed by atoms with E-state index in [-0.39, 0.29) is 16.0 Å². The van der Waals surface area contributed by atoms with Crippen LogP contribution in [0.1, 0.15) is 0 Å². The highest BCUT2D eigenvalue weighted by Gasteiger charge is 2.14. The standard InChI is InChI=1S/C16H12N2O8S/c19-13(16(22)23)7-11(8-15(20)21)18-17-10-5-4-9-2-1-3-14(12(9)6-10)27(24,25)26/h1-8,19H,(H,20,21)(H,22,23)(H,24,25,26). The zero-order valence-corrected chi connectivity index (χ0v) is 14.2. The molecule has 11 heteroatoms. The number of carboxylic acid groups (broad SMARTS) is 2. The molecule has 0 unspecified atom stereocenters. The summed E-state index contributed by atoms with van der Waals surface area (Å²) < 4.78 is 32.2. The minimum absolute atomic E-state index is 0.0955. The highest BCUT2D eigenvalue weighted by molar-refractivity contribution is 7.86. The molecule has 2 rings (SSSR count). The van der Waals surface area contributed by atoms with Crippen LogP contribution < -0.4 is 0 Å². The van der Waals surface area contributed by atoms with Gasteiger partial charge in [0.05, 0.1) is 17.5 Å². The van der Waals surface area contributed by atoms with Crippen LogP contribution in [-0.2, 0) is 19.7 Å². The van der Waals surface area contributed by atoms with E-state index in [0.717, 1.165) is 0 Å². The number of rotatable bonds is 6. The first kappa shape index (κ1) is 19.8. The average Bonchev–Trinajstić information content (AvgIpc) is 2.57. The van der Waals surface area contributed by atoms with Crippen LogP contribution >= 0.6 is 0 Å². The zero-order chi connectivity index (χ0) is 20.2. The quantitative estimate of drug-likeness (QED) is 0.191. The average molecular weight is 392 g/mol. The number of carbonyl (C=O) groups is 2. The summed E-state index contributed by atoms with van der Waals surface area (Å²) in [5.74, 6) is -4.29. The minimum atomic E-state index is -4.49. The summed E-state index contributed by atoms with van der Waals surface area (Å²) in [4.78, 5) is 21.1. The maximum Gasteiger partial charge on any atom is 0.371 e. The number of hydrogen-bond donors (Lipinski definition) is 4. The molecule has 0 bridgehead atoms. The second-order valence-corrected chi connectivity index (χ2v) is 6.47. The monoisotopic (exact) mass is 392 g/mol. The molecule has 0 spiro atoms. The summed E-state index contributed by atoms with van der Waals surface area (Å²) in [6.07, 6.45) is 1.11. The summed E-state index contributed by atoms with van der Waals surface area (Å²) in [5.41, 5.74) is -0.372. The number of aliphatic hydroxyl groups excluding tert-OH is 1. The van der Waals surface area contributed by atoms with Crippen molar-refractivity contribution >= 4 is 38.5 Å². The van der Waals surface area contributed by atoms with Gasteiger partial charge in [0.15, 0.2) is 0 Å². The number of benzene rings is 2. The lowest BCUT2D eigenvalue weighted by Crippen LogP contribution is -2.00. The van der Waals surface area contributed by atoms with E-state index in [0.29, 0.717) is 17.5 Å². The van der Waals surface area contributed by atoms with Crippen LogP contribution in [0.2, 0.25) is 0 Å². The van der Waals surface area contributed by atoms with E-state index in [9.17, 15) is 27.7 Å². The van der Waals surface area contributed by atoms with E-state index in [2.05, 4.69) is 10.2 Å². The smallest absolute Gasteiger partial charge is 0.371 e. The number of allylic oxidation sites excluding steroid dienone is 1. The van der Waals surface area contributed by atoms with Gasteiger partial charge in [-0.25, -0.2) is 9.59 Å². The Hall–Kier alpha value is -3.57. The van der Waals surface area contributed by atoms with Gasteiger partial charge in [0, 0.05) is 11.5 Å². The third-order valence-electron chi connectivity index (χ3n) is 3.16. The fourth-order valence-corrected chi connectivity index (χ4v) is 2.77. The zero-order valence-electron chi connectivity index (χ0n) is 13.3. The van der Waals surface area contributed by atoms with Crippen molar-refractivity contribution in [2.45, 2.75) is 4.90 Å². The van der Waals surface area contributed by atoms with Crippen molar-refractivity contribution in [3.05, 3.63) is 60.0 Å². The molecule has 4 N–H and O–H groups in total. The normalized spacial score (nSPS) is 13.2. The second kappa shape index (κ2) is 7.76. The predicted molar refractivity (Wildman–Crippen MR) is 92.3 cm³/mol. The number of nitrogens with zero attached hydrogens (tertiary/aromatic N) is 2. The lowest BCUT2D eigenvalue weighted by Gasteiger charge is -2.04. The molecule has 0 amide bonds. The van der Waals surface area contributed by atoms with E-state index in [1.54, 1.807) is 6.07 Å². The molecule has 10 nitrogen and oxygen atoms in total. The summed E-state index contributed by atoms with van der Waals surface area (Å²) >= 11 is 0. The van der Waals surface area contributed by atoms with Crippen molar-refractivity contribution in [3.8, 4) is 0 Å². The maximum absolute atomic E-state index is 11.5. The molecule has 0 fully saturated rings. The van der Waals surface area contributed by atoms with Crippen LogP contribution in [-0.4, -0.2) is 40.2 Å². The van der Waals surface area contributed by atoms with E-state index in [4.69, 9.17) is 10.2 Å². The summed E-state index contributed by atoms with van der Waals surface area (Å²) in [7, 11) is -4.49. The Balaban J connectivity index is 2.51. The fraction of sp³-hybridized carbons (Fsp3) is 0. The van der Waals surface area contributed by atoms with Gasteiger partial charge in [-0.05, 0) is 23.6 Å². The van der Waals surface area contributed by atoms with E-state index in [1.165, 1.54) is 30.3 Å². The topological polar surface area (TPSA) is 174 Å². The molecule has 0 atom stereocenters. The summed E-state index contributed by atoms with van der Waals surface area (Å²) in [5, 5.41) is 34.5. The molecule has 2 aromatic rings. The molecular formula is C16H12N2O8S. The number of aliphatic carboxylic acids is 2. The van der Waals surface area contributed by atoms with Crippen LogP contribution in [0.15, 0.2) is 75.1 Å². The van der Waals surface area contributed by atoms with Gasteiger partial charge in [-0.2, -0.15) is 18.6 Å². The number of fused-ring (bicyclic) bond motifs is 1. The third kappa shape index (κ3) is 5.20. The molecule has 0 aromatic heterocycles. The molecule has 2 aromatic carbocycles. The van der Waals surface area contributed by atoms with Crippen LogP contribution in [0.25, 0.3) is 10.8 Å². The van der Waals surface area contributed by atoms with Gasteiger partial charge in [0.2, 0.25) is 5.76 Å². The van der Waals surface area contributed by atoms with E-state index < -0.39 is 33.5 Å². The lowest BCUT2D eigenvalue weighted by atomic mass is 10.1. The Morgan fingerprint density at radius 2 is 1.70 bits per heavy atom. The number of aliphatic hydroxyl groups is 1. The molecule has 140 valence electrons. The third-order valence-corrected chi connectivity index (χ3v) is 4.07. The summed E-state index contributed by atoms with van der Waals surface area (Å²) in [6, 6.07) is 8.49. The highest BCUT2D eigenvalue weighted by Crippen LogP contribution is 2.27. The molecular weight excluding hydrogens is 380 g/mol. The van der Waals surface area contributed by atoms with Crippen molar-refractivity contribution in [1.82, 2.24) is 0 Å². The largest absolute Gasteiger partial charge is 0.502 e. The molecule has 0 heterocycles. The van der Waals surface area contributed by atoms with Gasteiger partial charge in [0.1, 0.15) is 4.90 Å². The Labute approximate surface area is 152 Å². The molecule has 0 saturated carbocycles. The Bertz CT molecular complexity index is 1120. The molecule has 0 aliphatic rings.